The second-order valence-electron chi connectivity index (χ2n) is 5.80. The van der Waals surface area contributed by atoms with Gasteiger partial charge in [0.15, 0.2) is 0 Å². The van der Waals surface area contributed by atoms with Crippen LogP contribution in [0.5, 0.6) is 0 Å². The molecule has 2 N–H and O–H groups in total. The lowest BCUT2D eigenvalue weighted by molar-refractivity contribution is 0.0705. The molecule has 6 nitrogen and oxygen atoms in total. The van der Waals surface area contributed by atoms with Crippen molar-refractivity contribution in [1.29, 1.82) is 0 Å². The van der Waals surface area contributed by atoms with Gasteiger partial charge in [-0.3, -0.25) is 10.0 Å². The molecular formula is C19H22N4O2. The van der Waals surface area contributed by atoms with Crippen molar-refractivity contribution in [3.63, 3.8) is 0 Å². The number of hydrogen-bond donors (Lipinski definition) is 2. The van der Waals surface area contributed by atoms with E-state index < -0.39 is 5.91 Å². The fourth-order valence-electron chi connectivity index (χ4n) is 3.35. The summed E-state index contributed by atoms with van der Waals surface area (Å²) in [4.78, 5) is 22.0. The highest BCUT2D eigenvalue weighted by atomic mass is 16.5. The number of benzene rings is 1. The van der Waals surface area contributed by atoms with Crippen molar-refractivity contribution in [1.82, 2.24) is 15.4 Å². The smallest absolute Gasteiger partial charge is 0.277 e. The van der Waals surface area contributed by atoms with Crippen LogP contribution in [0.1, 0.15) is 41.8 Å². The summed E-state index contributed by atoms with van der Waals surface area (Å²) >= 11 is 0. The number of anilines is 1. The van der Waals surface area contributed by atoms with Crippen molar-refractivity contribution < 1.29 is 10.0 Å². The van der Waals surface area contributed by atoms with E-state index in [4.69, 9.17) is 5.21 Å². The summed E-state index contributed by atoms with van der Waals surface area (Å²) in [6.07, 6.45) is 4.84. The molecule has 0 fully saturated rings. The van der Waals surface area contributed by atoms with Crippen LogP contribution in [0, 0.1) is 0 Å². The SMILES string of the molecule is CC.O=C(NO)c1cnc(N2CCC3=C(Cc4ccccc43)C2)nc1. The summed E-state index contributed by atoms with van der Waals surface area (Å²) in [5.74, 6) is 0.00780. The van der Waals surface area contributed by atoms with E-state index in [1.807, 2.05) is 13.8 Å². The Hall–Kier alpha value is -2.73. The molecule has 1 aromatic carbocycles. The molecule has 130 valence electrons. The third-order valence-electron chi connectivity index (χ3n) is 4.47. The first-order valence-corrected chi connectivity index (χ1v) is 8.57. The monoisotopic (exact) mass is 338 g/mol. The number of fused-ring (bicyclic) bond motifs is 2. The zero-order chi connectivity index (χ0) is 17.8. The number of rotatable bonds is 2. The maximum atomic E-state index is 11.3. The summed E-state index contributed by atoms with van der Waals surface area (Å²) < 4.78 is 0. The zero-order valence-corrected chi connectivity index (χ0v) is 14.5. The minimum atomic E-state index is -0.605. The maximum Gasteiger partial charge on any atom is 0.277 e. The molecule has 25 heavy (non-hydrogen) atoms. The second kappa shape index (κ2) is 7.44. The molecule has 0 unspecified atom stereocenters. The molecule has 2 aliphatic rings. The minimum Gasteiger partial charge on any atom is -0.336 e. The van der Waals surface area contributed by atoms with Gasteiger partial charge in [-0.05, 0) is 35.1 Å². The molecule has 0 radical (unpaired) electrons. The maximum absolute atomic E-state index is 11.3. The van der Waals surface area contributed by atoms with Crippen molar-refractivity contribution in [2.75, 3.05) is 18.0 Å². The number of aromatic nitrogens is 2. The predicted molar refractivity (Wildman–Crippen MR) is 96.5 cm³/mol. The summed E-state index contributed by atoms with van der Waals surface area (Å²) in [5.41, 5.74) is 7.50. The van der Waals surface area contributed by atoms with Gasteiger partial charge in [0.1, 0.15) is 0 Å². The fourth-order valence-corrected chi connectivity index (χ4v) is 3.35. The van der Waals surface area contributed by atoms with Gasteiger partial charge >= 0.3 is 0 Å². The van der Waals surface area contributed by atoms with E-state index in [1.165, 1.54) is 34.7 Å². The summed E-state index contributed by atoms with van der Waals surface area (Å²) in [6.45, 7) is 5.67. The number of amides is 1. The number of carbonyl (C=O) groups excluding carboxylic acids is 1. The molecule has 1 aliphatic heterocycles. The van der Waals surface area contributed by atoms with Crippen LogP contribution in [0.2, 0.25) is 0 Å². The topological polar surface area (TPSA) is 78.3 Å². The molecule has 2 aromatic rings. The first-order chi connectivity index (χ1) is 12.3. The van der Waals surface area contributed by atoms with Gasteiger partial charge in [0.25, 0.3) is 5.91 Å². The van der Waals surface area contributed by atoms with Crippen LogP contribution in [0.25, 0.3) is 5.57 Å². The van der Waals surface area contributed by atoms with Crippen LogP contribution in [0.3, 0.4) is 0 Å². The summed E-state index contributed by atoms with van der Waals surface area (Å²) in [5, 5.41) is 8.62. The highest BCUT2D eigenvalue weighted by Crippen LogP contribution is 2.38. The van der Waals surface area contributed by atoms with Gasteiger partial charge in [0, 0.05) is 25.5 Å². The molecule has 0 atom stereocenters. The van der Waals surface area contributed by atoms with E-state index in [0.29, 0.717) is 5.95 Å². The molecule has 1 amide bonds. The largest absolute Gasteiger partial charge is 0.336 e. The van der Waals surface area contributed by atoms with Gasteiger partial charge in [0.2, 0.25) is 5.95 Å². The van der Waals surface area contributed by atoms with E-state index in [1.54, 1.807) is 5.48 Å². The fraction of sp³-hybridized carbons (Fsp3) is 0.316. The first kappa shape index (κ1) is 17.1. The Balaban J connectivity index is 0.000000880. The van der Waals surface area contributed by atoms with E-state index in [-0.39, 0.29) is 5.56 Å². The molecule has 0 saturated heterocycles. The van der Waals surface area contributed by atoms with Gasteiger partial charge < -0.3 is 4.90 Å². The third-order valence-corrected chi connectivity index (χ3v) is 4.47. The lowest BCUT2D eigenvalue weighted by Crippen LogP contribution is -2.32. The average molecular weight is 338 g/mol. The Bertz CT molecular complexity index is 799. The molecule has 6 heteroatoms. The molecule has 1 aliphatic carbocycles. The van der Waals surface area contributed by atoms with Crippen LogP contribution in [-0.2, 0) is 6.42 Å². The molecule has 0 saturated carbocycles. The van der Waals surface area contributed by atoms with Gasteiger partial charge in [-0.25, -0.2) is 15.4 Å². The minimum absolute atomic E-state index is 0.237. The predicted octanol–water partition coefficient (Wildman–Crippen LogP) is 2.84. The molecule has 4 rings (SSSR count). The van der Waals surface area contributed by atoms with Crippen LogP contribution >= 0.6 is 0 Å². The van der Waals surface area contributed by atoms with Gasteiger partial charge in [-0.1, -0.05) is 38.1 Å². The van der Waals surface area contributed by atoms with Crippen LogP contribution in [0.15, 0.2) is 42.2 Å². The van der Waals surface area contributed by atoms with Crippen molar-refractivity contribution in [2.45, 2.75) is 26.7 Å². The first-order valence-electron chi connectivity index (χ1n) is 8.57. The summed E-state index contributed by atoms with van der Waals surface area (Å²) in [6, 6.07) is 8.57. The van der Waals surface area contributed by atoms with Crippen molar-refractivity contribution in [2.24, 2.45) is 0 Å². The van der Waals surface area contributed by atoms with Crippen molar-refractivity contribution in [3.05, 3.63) is 58.9 Å². The number of carbonyl (C=O) groups is 1. The Morgan fingerprint density at radius 3 is 2.64 bits per heavy atom. The Labute approximate surface area is 147 Å². The van der Waals surface area contributed by atoms with E-state index in [9.17, 15) is 4.79 Å². The highest BCUT2D eigenvalue weighted by Gasteiger charge is 2.27. The van der Waals surface area contributed by atoms with E-state index in [0.717, 1.165) is 25.9 Å². The molecule has 1 aromatic heterocycles. The van der Waals surface area contributed by atoms with Crippen molar-refractivity contribution >= 4 is 17.4 Å². The lowest BCUT2D eigenvalue weighted by Gasteiger charge is -2.28. The number of nitrogens with zero attached hydrogens (tertiary/aromatic N) is 3. The number of hydroxylamine groups is 1. The van der Waals surface area contributed by atoms with E-state index in [2.05, 4.69) is 39.1 Å². The average Bonchev–Trinajstić information content (AvgIpc) is 3.07. The Kier molecular flexibility index (Phi) is 5.09. The number of nitrogens with one attached hydrogen (secondary N) is 1. The molecular weight excluding hydrogens is 316 g/mol. The highest BCUT2D eigenvalue weighted by molar-refractivity contribution is 5.92. The quantitative estimate of drug-likeness (QED) is 0.650. The number of hydrogen-bond acceptors (Lipinski definition) is 5. The third kappa shape index (κ3) is 3.25. The van der Waals surface area contributed by atoms with Crippen LogP contribution in [0.4, 0.5) is 5.95 Å². The Morgan fingerprint density at radius 1 is 1.20 bits per heavy atom. The standard InChI is InChI=1S/C17H16N4O2.C2H6/c22-16(20-23)13-8-18-17(19-9-13)21-6-5-15-12(10-21)7-11-3-1-2-4-14(11)15;1-2/h1-4,8-9,23H,5-7,10H2,(H,20,22);1-2H3. The van der Waals surface area contributed by atoms with Crippen molar-refractivity contribution in [3.8, 4) is 0 Å². The van der Waals surface area contributed by atoms with Crippen LogP contribution in [-0.4, -0.2) is 34.2 Å². The van der Waals surface area contributed by atoms with Gasteiger partial charge in [-0.15, -0.1) is 0 Å². The van der Waals surface area contributed by atoms with Gasteiger partial charge in [0.05, 0.1) is 5.56 Å². The molecule has 0 bridgehead atoms. The lowest BCUT2D eigenvalue weighted by atomic mass is 9.99. The molecule has 0 spiro atoms. The second-order valence-corrected chi connectivity index (χ2v) is 5.80. The Morgan fingerprint density at radius 2 is 1.92 bits per heavy atom. The normalized spacial score (nSPS) is 15.1. The summed E-state index contributed by atoms with van der Waals surface area (Å²) in [7, 11) is 0. The van der Waals surface area contributed by atoms with Gasteiger partial charge in [-0.2, -0.15) is 0 Å². The van der Waals surface area contributed by atoms with E-state index >= 15 is 0 Å². The molecule has 2 heterocycles. The van der Waals surface area contributed by atoms with Crippen LogP contribution < -0.4 is 10.4 Å². The zero-order valence-electron chi connectivity index (χ0n) is 14.5.